The first-order valence-electron chi connectivity index (χ1n) is 9.69. The normalized spacial score (nSPS) is 14.8. The van der Waals surface area contributed by atoms with E-state index in [0.717, 1.165) is 22.5 Å². The molecule has 0 aliphatic heterocycles. The summed E-state index contributed by atoms with van der Waals surface area (Å²) in [6.07, 6.45) is 7.14. The van der Waals surface area contributed by atoms with Crippen LogP contribution in [0.2, 0.25) is 0 Å². The highest BCUT2D eigenvalue weighted by Crippen LogP contribution is 2.39. The Morgan fingerprint density at radius 1 is 1.24 bits per heavy atom. The van der Waals surface area contributed by atoms with Crippen LogP contribution in [0, 0.1) is 0 Å². The molecule has 4 aromatic heterocycles. The van der Waals surface area contributed by atoms with Crippen LogP contribution < -0.4 is 16.0 Å². The Morgan fingerprint density at radius 3 is 2.97 bits per heavy atom. The number of nitrogens with two attached hydrogens (primary N) is 1. The second-order valence-corrected chi connectivity index (χ2v) is 7.09. The summed E-state index contributed by atoms with van der Waals surface area (Å²) in [4.78, 5) is 22.9. The lowest BCUT2D eigenvalue weighted by Crippen LogP contribution is -2.37. The minimum atomic E-state index is -0.568. The van der Waals surface area contributed by atoms with E-state index in [4.69, 9.17) is 5.73 Å². The van der Waals surface area contributed by atoms with Crippen molar-refractivity contribution in [2.75, 3.05) is 16.8 Å². The zero-order valence-electron chi connectivity index (χ0n) is 16.0. The molecular formula is C19H22N10. The highest BCUT2D eigenvalue weighted by Gasteiger charge is 2.25. The van der Waals surface area contributed by atoms with Gasteiger partial charge in [-0.1, -0.05) is 0 Å². The van der Waals surface area contributed by atoms with Crippen LogP contribution in [0.15, 0.2) is 36.8 Å². The zero-order valence-corrected chi connectivity index (χ0v) is 16.0. The number of nitrogens with one attached hydrogen (secondary N) is 3. The number of hydrogen-bond donors (Lipinski definition) is 4. The maximum Gasteiger partial charge on any atom is 0.228 e. The van der Waals surface area contributed by atoms with Crippen molar-refractivity contribution in [3.8, 4) is 0 Å². The fourth-order valence-corrected chi connectivity index (χ4v) is 3.29. The number of aromatic amines is 2. The molecule has 1 saturated carbocycles. The van der Waals surface area contributed by atoms with E-state index in [1.54, 1.807) is 18.5 Å². The summed E-state index contributed by atoms with van der Waals surface area (Å²) >= 11 is 0. The fourth-order valence-electron chi connectivity index (χ4n) is 3.29. The summed E-state index contributed by atoms with van der Waals surface area (Å²) in [5, 5.41) is 10.6. The lowest BCUT2D eigenvalue weighted by Gasteiger charge is -2.26. The van der Waals surface area contributed by atoms with Gasteiger partial charge in [0.25, 0.3) is 0 Å². The molecule has 4 heterocycles. The monoisotopic (exact) mass is 390 g/mol. The van der Waals surface area contributed by atoms with Crippen LogP contribution in [-0.4, -0.2) is 41.7 Å². The van der Waals surface area contributed by atoms with E-state index < -0.39 is 6.17 Å². The lowest BCUT2D eigenvalue weighted by atomic mass is 10.3. The first-order chi connectivity index (χ1) is 14.2. The van der Waals surface area contributed by atoms with Gasteiger partial charge in [0.1, 0.15) is 12.0 Å². The molecular weight excluding hydrogens is 368 g/mol. The molecule has 0 aromatic carbocycles. The largest absolute Gasteiger partial charge is 0.359 e. The number of hydrogen-bond acceptors (Lipinski definition) is 8. The van der Waals surface area contributed by atoms with Gasteiger partial charge in [0.15, 0.2) is 11.6 Å². The summed E-state index contributed by atoms with van der Waals surface area (Å²) in [6, 6.07) is 5.73. The molecule has 5 rings (SSSR count). The van der Waals surface area contributed by atoms with E-state index >= 15 is 0 Å². The van der Waals surface area contributed by atoms with E-state index in [1.807, 2.05) is 30.2 Å². The van der Waals surface area contributed by atoms with Crippen molar-refractivity contribution in [1.29, 1.82) is 0 Å². The van der Waals surface area contributed by atoms with Gasteiger partial charge in [-0.05, 0) is 31.9 Å². The molecule has 1 fully saturated rings. The van der Waals surface area contributed by atoms with Gasteiger partial charge in [0, 0.05) is 36.6 Å². The van der Waals surface area contributed by atoms with Crippen LogP contribution in [0.4, 0.5) is 17.6 Å². The maximum atomic E-state index is 6.46. The van der Waals surface area contributed by atoms with Gasteiger partial charge in [-0.2, -0.15) is 10.1 Å². The highest BCUT2D eigenvalue weighted by molar-refractivity contribution is 5.73. The Bertz CT molecular complexity index is 1130. The Labute approximate surface area is 167 Å². The van der Waals surface area contributed by atoms with Gasteiger partial charge < -0.3 is 20.9 Å². The van der Waals surface area contributed by atoms with Crippen molar-refractivity contribution in [2.24, 2.45) is 5.73 Å². The Morgan fingerprint density at radius 2 is 2.14 bits per heavy atom. The number of anilines is 3. The van der Waals surface area contributed by atoms with E-state index in [2.05, 4.69) is 40.4 Å². The molecule has 10 heteroatoms. The second kappa shape index (κ2) is 7.13. The fraction of sp³-hybridized carbons (Fsp3) is 0.316. The molecule has 0 bridgehead atoms. The van der Waals surface area contributed by atoms with Crippen LogP contribution in [0.25, 0.3) is 11.0 Å². The predicted molar refractivity (Wildman–Crippen MR) is 110 cm³/mol. The number of H-pyrrole nitrogens is 2. The van der Waals surface area contributed by atoms with Crippen molar-refractivity contribution >= 4 is 28.6 Å². The van der Waals surface area contributed by atoms with Crippen LogP contribution in [0.3, 0.4) is 0 Å². The molecule has 0 saturated heterocycles. The summed E-state index contributed by atoms with van der Waals surface area (Å²) in [5.74, 6) is 3.02. The van der Waals surface area contributed by atoms with Crippen molar-refractivity contribution in [1.82, 2.24) is 35.1 Å². The SMILES string of the molecule is CCN(c1nccc(Nc2cc(C3CC3)[nH]n2)n1)[C@H](N)c1ncc2[nH]ccc2n1. The first-order valence-corrected chi connectivity index (χ1v) is 9.69. The topological polar surface area (TPSA) is 137 Å². The van der Waals surface area contributed by atoms with Gasteiger partial charge in [-0.15, -0.1) is 0 Å². The Kier molecular flexibility index (Phi) is 4.32. The van der Waals surface area contributed by atoms with E-state index in [0.29, 0.717) is 30.1 Å². The van der Waals surface area contributed by atoms with E-state index in [1.165, 1.54) is 12.8 Å². The molecule has 5 N–H and O–H groups in total. The lowest BCUT2D eigenvalue weighted by molar-refractivity contribution is 0.609. The minimum Gasteiger partial charge on any atom is -0.359 e. The van der Waals surface area contributed by atoms with Gasteiger partial charge in [0.05, 0.1) is 17.2 Å². The average molecular weight is 390 g/mol. The first kappa shape index (κ1) is 17.6. The van der Waals surface area contributed by atoms with Crippen molar-refractivity contribution in [3.05, 3.63) is 48.3 Å². The molecule has 148 valence electrons. The molecule has 4 aromatic rings. The third kappa shape index (κ3) is 3.49. The molecule has 29 heavy (non-hydrogen) atoms. The Hall–Kier alpha value is -3.53. The number of nitrogens with zero attached hydrogens (tertiary/aromatic N) is 6. The third-order valence-corrected chi connectivity index (χ3v) is 5.03. The third-order valence-electron chi connectivity index (χ3n) is 5.03. The summed E-state index contributed by atoms with van der Waals surface area (Å²) in [5.41, 5.74) is 9.32. The van der Waals surface area contributed by atoms with Crippen LogP contribution in [0.5, 0.6) is 0 Å². The molecule has 10 nitrogen and oxygen atoms in total. The van der Waals surface area contributed by atoms with E-state index in [9.17, 15) is 0 Å². The van der Waals surface area contributed by atoms with Crippen molar-refractivity contribution in [3.63, 3.8) is 0 Å². The predicted octanol–water partition coefficient (Wildman–Crippen LogP) is 2.58. The highest BCUT2D eigenvalue weighted by atomic mass is 15.3. The van der Waals surface area contributed by atoms with Crippen molar-refractivity contribution < 1.29 is 0 Å². The average Bonchev–Trinajstić information content (AvgIpc) is 3.30. The maximum absolute atomic E-state index is 6.46. The molecule has 1 aliphatic rings. The molecule has 1 aliphatic carbocycles. The summed E-state index contributed by atoms with van der Waals surface area (Å²) < 4.78 is 0. The number of aromatic nitrogens is 7. The zero-order chi connectivity index (χ0) is 19.8. The summed E-state index contributed by atoms with van der Waals surface area (Å²) in [6.45, 7) is 2.60. The van der Waals surface area contributed by atoms with Crippen LogP contribution >= 0.6 is 0 Å². The quantitative estimate of drug-likeness (QED) is 0.353. The molecule has 0 unspecified atom stereocenters. The minimum absolute atomic E-state index is 0.501. The molecule has 0 spiro atoms. The smallest absolute Gasteiger partial charge is 0.228 e. The van der Waals surface area contributed by atoms with Gasteiger partial charge in [-0.25, -0.2) is 15.0 Å². The molecule has 1 atom stereocenters. The standard InChI is InChI=1S/C19H22N10/c1-2-29(17(20)18-23-10-14-12(24-18)5-7-21-14)19-22-8-6-15(26-19)25-16-9-13(27-28-16)11-3-4-11/h5-11,17,21H,2-4,20H2,1H3,(H2,22,25,26,27,28)/t17-/m0/s1. The number of fused-ring (bicyclic) bond motifs is 1. The van der Waals surface area contributed by atoms with Gasteiger partial charge in [0.2, 0.25) is 5.95 Å². The van der Waals surface area contributed by atoms with Crippen LogP contribution in [0.1, 0.15) is 43.4 Å². The van der Waals surface area contributed by atoms with Crippen molar-refractivity contribution in [2.45, 2.75) is 31.8 Å². The summed E-state index contributed by atoms with van der Waals surface area (Å²) in [7, 11) is 0. The Balaban J connectivity index is 1.37. The van der Waals surface area contributed by atoms with E-state index in [-0.39, 0.29) is 0 Å². The van der Waals surface area contributed by atoms with Gasteiger partial charge >= 0.3 is 0 Å². The van der Waals surface area contributed by atoms with Gasteiger partial charge in [-0.3, -0.25) is 5.10 Å². The number of rotatable bonds is 7. The molecule has 0 amide bonds. The molecule has 0 radical (unpaired) electrons. The van der Waals surface area contributed by atoms with Crippen LogP contribution in [-0.2, 0) is 0 Å². The second-order valence-electron chi connectivity index (χ2n) is 7.09.